The van der Waals surface area contributed by atoms with E-state index in [9.17, 15) is 4.79 Å². The molecule has 1 N–H and O–H groups in total. The topological polar surface area (TPSA) is 38.3 Å². The predicted molar refractivity (Wildman–Crippen MR) is 86.7 cm³/mol. The number of halogens is 2. The minimum atomic E-state index is -0.270. The number of carbonyl (C=O) groups is 1. The highest BCUT2D eigenvalue weighted by Crippen LogP contribution is 2.29. The zero-order chi connectivity index (χ0) is 15.4. The third-order valence-corrected chi connectivity index (χ3v) is 3.52. The summed E-state index contributed by atoms with van der Waals surface area (Å²) in [5.41, 5.74) is 1.96. The number of hydrogen-bond donors (Lipinski definition) is 1. The molecule has 0 aliphatic heterocycles. The number of methoxy groups -OCH3 is 1. The molecule has 1 amide bonds. The van der Waals surface area contributed by atoms with E-state index in [1.54, 1.807) is 18.2 Å². The average Bonchev–Trinajstić information content (AvgIpc) is 2.47. The standard InChI is InChI=1S/C16H15Cl2NO2/c1-10(17)12-5-3-4-6-14(12)19-16(20)13-8-7-11(18)9-15(13)21-2/h3-10H,1-2H3,(H,19,20). The Labute approximate surface area is 133 Å². The fourth-order valence-corrected chi connectivity index (χ4v) is 2.35. The lowest BCUT2D eigenvalue weighted by Gasteiger charge is -2.14. The minimum Gasteiger partial charge on any atom is -0.496 e. The summed E-state index contributed by atoms with van der Waals surface area (Å²) in [6, 6.07) is 12.3. The Morgan fingerprint density at radius 2 is 1.95 bits per heavy atom. The van der Waals surface area contributed by atoms with E-state index in [2.05, 4.69) is 5.32 Å². The summed E-state index contributed by atoms with van der Waals surface area (Å²) in [5, 5.41) is 3.17. The second kappa shape index (κ2) is 6.83. The molecule has 0 spiro atoms. The van der Waals surface area contributed by atoms with Crippen molar-refractivity contribution in [2.24, 2.45) is 0 Å². The van der Waals surface area contributed by atoms with Crippen LogP contribution in [0, 0.1) is 0 Å². The highest BCUT2D eigenvalue weighted by Gasteiger charge is 2.15. The molecule has 21 heavy (non-hydrogen) atoms. The second-order valence-electron chi connectivity index (χ2n) is 4.50. The summed E-state index contributed by atoms with van der Waals surface area (Å²) in [6.07, 6.45) is 0. The van der Waals surface area contributed by atoms with Crippen molar-refractivity contribution in [3.63, 3.8) is 0 Å². The molecule has 0 heterocycles. The van der Waals surface area contributed by atoms with Crippen LogP contribution in [0.15, 0.2) is 42.5 Å². The van der Waals surface area contributed by atoms with Gasteiger partial charge >= 0.3 is 0 Å². The second-order valence-corrected chi connectivity index (χ2v) is 5.59. The van der Waals surface area contributed by atoms with Gasteiger partial charge in [0.1, 0.15) is 5.75 Å². The van der Waals surface area contributed by atoms with Crippen molar-refractivity contribution in [3.8, 4) is 5.75 Å². The number of alkyl halides is 1. The van der Waals surface area contributed by atoms with E-state index in [4.69, 9.17) is 27.9 Å². The van der Waals surface area contributed by atoms with Gasteiger partial charge in [0.25, 0.3) is 5.91 Å². The van der Waals surface area contributed by atoms with Gasteiger partial charge in [-0.05, 0) is 36.8 Å². The van der Waals surface area contributed by atoms with Crippen molar-refractivity contribution >= 4 is 34.8 Å². The number of rotatable bonds is 4. The Kier molecular flexibility index (Phi) is 5.10. The van der Waals surface area contributed by atoms with Gasteiger partial charge in [-0.15, -0.1) is 11.6 Å². The van der Waals surface area contributed by atoms with E-state index < -0.39 is 0 Å². The molecular formula is C16H15Cl2NO2. The molecule has 1 unspecified atom stereocenters. The summed E-state index contributed by atoms with van der Waals surface area (Å²) in [6.45, 7) is 1.86. The van der Waals surface area contributed by atoms with Gasteiger partial charge in [-0.3, -0.25) is 4.79 Å². The number of carbonyl (C=O) groups excluding carboxylic acids is 1. The molecule has 2 rings (SSSR count). The van der Waals surface area contributed by atoms with Crippen LogP contribution in [0.5, 0.6) is 5.75 Å². The first kappa shape index (κ1) is 15.7. The van der Waals surface area contributed by atoms with Crippen molar-refractivity contribution in [2.75, 3.05) is 12.4 Å². The van der Waals surface area contributed by atoms with Crippen molar-refractivity contribution in [2.45, 2.75) is 12.3 Å². The Morgan fingerprint density at radius 3 is 2.62 bits per heavy atom. The Balaban J connectivity index is 2.31. The van der Waals surface area contributed by atoms with E-state index in [0.29, 0.717) is 22.0 Å². The molecule has 0 radical (unpaired) electrons. The van der Waals surface area contributed by atoms with Gasteiger partial charge in [-0.2, -0.15) is 0 Å². The SMILES string of the molecule is COc1cc(Cl)ccc1C(=O)Nc1ccccc1C(C)Cl. The molecule has 0 bridgehead atoms. The Hall–Kier alpha value is -1.71. The zero-order valence-corrected chi connectivity index (χ0v) is 13.2. The molecule has 5 heteroatoms. The predicted octanol–water partition coefficient (Wildman–Crippen LogP) is 4.90. The third-order valence-electron chi connectivity index (χ3n) is 3.05. The monoisotopic (exact) mass is 323 g/mol. The molecule has 0 saturated heterocycles. The Bertz CT molecular complexity index is 656. The fraction of sp³-hybridized carbons (Fsp3) is 0.188. The fourth-order valence-electron chi connectivity index (χ4n) is 2.00. The van der Waals surface area contributed by atoms with Crippen LogP contribution in [0.1, 0.15) is 28.2 Å². The molecule has 0 aliphatic carbocycles. The van der Waals surface area contributed by atoms with Gasteiger partial charge in [-0.25, -0.2) is 0 Å². The third kappa shape index (κ3) is 3.69. The summed E-state index contributed by atoms with van der Waals surface area (Å²) in [5.74, 6) is 0.157. The molecule has 0 saturated carbocycles. The van der Waals surface area contributed by atoms with Gasteiger partial charge in [0.05, 0.1) is 18.1 Å². The van der Waals surface area contributed by atoms with E-state index in [1.165, 1.54) is 7.11 Å². The van der Waals surface area contributed by atoms with Gasteiger partial charge in [0, 0.05) is 10.7 Å². The zero-order valence-electron chi connectivity index (χ0n) is 11.7. The van der Waals surface area contributed by atoms with E-state index in [1.807, 2.05) is 31.2 Å². The van der Waals surface area contributed by atoms with Gasteiger partial charge < -0.3 is 10.1 Å². The molecule has 2 aromatic rings. The van der Waals surface area contributed by atoms with Crippen LogP contribution in [-0.4, -0.2) is 13.0 Å². The molecule has 0 fully saturated rings. The van der Waals surface area contributed by atoms with E-state index in [-0.39, 0.29) is 11.3 Å². The van der Waals surface area contributed by atoms with Crippen LogP contribution >= 0.6 is 23.2 Å². The van der Waals surface area contributed by atoms with Gasteiger partial charge in [-0.1, -0.05) is 29.8 Å². The lowest BCUT2D eigenvalue weighted by molar-refractivity contribution is 0.102. The first-order valence-electron chi connectivity index (χ1n) is 6.41. The molecule has 2 aromatic carbocycles. The highest BCUT2D eigenvalue weighted by atomic mass is 35.5. The van der Waals surface area contributed by atoms with Crippen molar-refractivity contribution in [1.29, 1.82) is 0 Å². The van der Waals surface area contributed by atoms with E-state index in [0.717, 1.165) is 5.56 Å². The Morgan fingerprint density at radius 1 is 1.24 bits per heavy atom. The first-order valence-corrected chi connectivity index (χ1v) is 7.22. The maximum Gasteiger partial charge on any atom is 0.259 e. The number of para-hydroxylation sites is 1. The first-order chi connectivity index (χ1) is 10.0. The summed E-state index contributed by atoms with van der Waals surface area (Å²) in [4.78, 5) is 12.4. The minimum absolute atomic E-state index is 0.200. The molecular weight excluding hydrogens is 309 g/mol. The van der Waals surface area contributed by atoms with Crippen LogP contribution in [0.3, 0.4) is 0 Å². The summed E-state index contributed by atoms with van der Waals surface area (Å²) in [7, 11) is 1.50. The summed E-state index contributed by atoms with van der Waals surface area (Å²) < 4.78 is 5.19. The smallest absolute Gasteiger partial charge is 0.259 e. The van der Waals surface area contributed by atoms with Crippen LogP contribution < -0.4 is 10.1 Å². The van der Waals surface area contributed by atoms with Gasteiger partial charge in [0.15, 0.2) is 0 Å². The molecule has 0 aromatic heterocycles. The molecule has 1 atom stereocenters. The lowest BCUT2D eigenvalue weighted by Crippen LogP contribution is -2.14. The normalized spacial score (nSPS) is 11.8. The van der Waals surface area contributed by atoms with Crippen LogP contribution in [0.2, 0.25) is 5.02 Å². The number of anilines is 1. The van der Waals surface area contributed by atoms with Crippen LogP contribution in [0.4, 0.5) is 5.69 Å². The molecule has 3 nitrogen and oxygen atoms in total. The molecule has 0 aliphatic rings. The van der Waals surface area contributed by atoms with Crippen LogP contribution in [-0.2, 0) is 0 Å². The van der Waals surface area contributed by atoms with E-state index >= 15 is 0 Å². The van der Waals surface area contributed by atoms with Crippen molar-refractivity contribution < 1.29 is 9.53 Å². The van der Waals surface area contributed by atoms with Gasteiger partial charge in [0.2, 0.25) is 0 Å². The van der Waals surface area contributed by atoms with Crippen LogP contribution in [0.25, 0.3) is 0 Å². The largest absolute Gasteiger partial charge is 0.496 e. The highest BCUT2D eigenvalue weighted by molar-refractivity contribution is 6.31. The maximum absolute atomic E-state index is 12.4. The quantitative estimate of drug-likeness (QED) is 0.812. The number of amides is 1. The van der Waals surface area contributed by atoms with Crippen molar-refractivity contribution in [1.82, 2.24) is 0 Å². The summed E-state index contributed by atoms with van der Waals surface area (Å²) >= 11 is 12.0. The average molecular weight is 324 g/mol. The number of ether oxygens (including phenoxy) is 1. The number of hydrogen-bond acceptors (Lipinski definition) is 2. The number of nitrogens with one attached hydrogen (secondary N) is 1. The van der Waals surface area contributed by atoms with Crippen molar-refractivity contribution in [3.05, 3.63) is 58.6 Å². The maximum atomic E-state index is 12.4. The lowest BCUT2D eigenvalue weighted by atomic mass is 10.1. The number of benzene rings is 2. The molecule has 110 valence electrons.